The van der Waals surface area contributed by atoms with Crippen molar-refractivity contribution in [2.45, 2.75) is 6.42 Å². The van der Waals surface area contributed by atoms with Crippen LogP contribution in [0.4, 0.5) is 0 Å². The Balaban J connectivity index is 1.91. The Morgan fingerprint density at radius 1 is 1.10 bits per heavy atom. The molecule has 0 fully saturated rings. The van der Waals surface area contributed by atoms with E-state index in [-0.39, 0.29) is 18.8 Å². The van der Waals surface area contributed by atoms with E-state index in [9.17, 15) is 4.79 Å². The smallest absolute Gasteiger partial charge is 0.174 e. The summed E-state index contributed by atoms with van der Waals surface area (Å²) in [5, 5.41) is 0.637. The molecule has 0 aliphatic rings. The number of rotatable bonds is 6. The maximum absolute atomic E-state index is 11.9. The van der Waals surface area contributed by atoms with Gasteiger partial charge in [-0.15, -0.1) is 0 Å². The van der Waals surface area contributed by atoms with Crippen molar-refractivity contribution in [1.29, 1.82) is 0 Å². The molecule has 3 nitrogen and oxygen atoms in total. The lowest BCUT2D eigenvalue weighted by Crippen LogP contribution is -2.14. The van der Waals surface area contributed by atoms with Gasteiger partial charge in [0.25, 0.3) is 0 Å². The summed E-state index contributed by atoms with van der Waals surface area (Å²) in [6.45, 7) is 0.0275. The van der Waals surface area contributed by atoms with Gasteiger partial charge >= 0.3 is 0 Å². The van der Waals surface area contributed by atoms with E-state index in [1.807, 2.05) is 24.3 Å². The Morgan fingerprint density at radius 3 is 2.50 bits per heavy atom. The van der Waals surface area contributed by atoms with Crippen molar-refractivity contribution >= 4 is 17.4 Å². The van der Waals surface area contributed by atoms with E-state index in [4.69, 9.17) is 21.1 Å². The zero-order valence-corrected chi connectivity index (χ0v) is 11.9. The number of ether oxygens (including phenoxy) is 2. The van der Waals surface area contributed by atoms with Crippen molar-refractivity contribution in [3.8, 4) is 11.5 Å². The third-order valence-corrected chi connectivity index (χ3v) is 3.05. The summed E-state index contributed by atoms with van der Waals surface area (Å²) >= 11 is 5.78. The molecule has 0 atom stereocenters. The number of carbonyl (C=O) groups excluding carboxylic acids is 1. The van der Waals surface area contributed by atoms with Crippen LogP contribution < -0.4 is 9.47 Å². The number of methoxy groups -OCH3 is 1. The van der Waals surface area contributed by atoms with Gasteiger partial charge in [0, 0.05) is 17.0 Å². The number of hydrogen-bond donors (Lipinski definition) is 0. The van der Waals surface area contributed by atoms with E-state index >= 15 is 0 Å². The lowest BCUT2D eigenvalue weighted by Gasteiger charge is -2.08. The van der Waals surface area contributed by atoms with Crippen LogP contribution in [0.3, 0.4) is 0 Å². The number of benzene rings is 2. The SMILES string of the molecule is COc1ccccc1CC(=O)COc1ccc(Cl)cc1. The van der Waals surface area contributed by atoms with Gasteiger partial charge in [0.2, 0.25) is 0 Å². The van der Waals surface area contributed by atoms with Gasteiger partial charge in [0.05, 0.1) is 7.11 Å². The Hall–Kier alpha value is -2.00. The summed E-state index contributed by atoms with van der Waals surface area (Å²) in [6.07, 6.45) is 0.289. The zero-order chi connectivity index (χ0) is 14.4. The second-order valence-corrected chi connectivity index (χ2v) is 4.71. The first-order valence-corrected chi connectivity index (χ1v) is 6.59. The second-order valence-electron chi connectivity index (χ2n) is 4.27. The van der Waals surface area contributed by atoms with E-state index in [1.165, 1.54) is 0 Å². The Kier molecular flexibility index (Phi) is 5.02. The molecule has 0 saturated carbocycles. The molecule has 104 valence electrons. The Labute approximate surface area is 123 Å². The van der Waals surface area contributed by atoms with Gasteiger partial charge in [0.15, 0.2) is 5.78 Å². The lowest BCUT2D eigenvalue weighted by atomic mass is 10.1. The number of hydrogen-bond acceptors (Lipinski definition) is 3. The predicted molar refractivity (Wildman–Crippen MR) is 78.7 cm³/mol. The first-order chi connectivity index (χ1) is 9.69. The van der Waals surface area contributed by atoms with E-state index in [0.29, 0.717) is 16.5 Å². The number of Topliss-reactive ketones (excluding diaryl/α,β-unsaturated/α-hetero) is 1. The van der Waals surface area contributed by atoms with Crippen LogP contribution in [0.1, 0.15) is 5.56 Å². The van der Waals surface area contributed by atoms with Crippen molar-refractivity contribution in [3.05, 3.63) is 59.1 Å². The molecule has 0 aliphatic carbocycles. The molecule has 20 heavy (non-hydrogen) atoms. The van der Waals surface area contributed by atoms with Crippen molar-refractivity contribution in [3.63, 3.8) is 0 Å². The number of para-hydroxylation sites is 1. The average Bonchev–Trinajstić information content (AvgIpc) is 2.47. The van der Waals surface area contributed by atoms with Crippen molar-refractivity contribution < 1.29 is 14.3 Å². The fourth-order valence-corrected chi connectivity index (χ4v) is 1.93. The van der Waals surface area contributed by atoms with E-state index in [1.54, 1.807) is 31.4 Å². The molecule has 4 heteroatoms. The van der Waals surface area contributed by atoms with Crippen LogP contribution in [-0.2, 0) is 11.2 Å². The number of ketones is 1. The second kappa shape index (κ2) is 6.96. The average molecular weight is 291 g/mol. The quantitative estimate of drug-likeness (QED) is 0.816. The van der Waals surface area contributed by atoms with Crippen molar-refractivity contribution in [2.75, 3.05) is 13.7 Å². The molecule has 0 spiro atoms. The Morgan fingerprint density at radius 2 is 1.80 bits per heavy atom. The molecule has 0 aliphatic heterocycles. The van der Waals surface area contributed by atoms with Gasteiger partial charge in [-0.05, 0) is 30.3 Å². The van der Waals surface area contributed by atoms with Crippen molar-refractivity contribution in [2.24, 2.45) is 0 Å². The predicted octanol–water partition coefficient (Wildman–Crippen LogP) is 3.54. The van der Waals surface area contributed by atoms with E-state index < -0.39 is 0 Å². The van der Waals surface area contributed by atoms with Crippen LogP contribution in [0, 0.1) is 0 Å². The van der Waals surface area contributed by atoms with Gasteiger partial charge < -0.3 is 9.47 Å². The van der Waals surface area contributed by atoms with Gasteiger partial charge in [-0.3, -0.25) is 4.79 Å². The first-order valence-electron chi connectivity index (χ1n) is 6.21. The monoisotopic (exact) mass is 290 g/mol. The molecule has 0 bridgehead atoms. The third-order valence-electron chi connectivity index (χ3n) is 2.79. The highest BCUT2D eigenvalue weighted by molar-refractivity contribution is 6.30. The highest BCUT2D eigenvalue weighted by Gasteiger charge is 2.09. The largest absolute Gasteiger partial charge is 0.496 e. The van der Waals surface area contributed by atoms with E-state index in [2.05, 4.69) is 0 Å². The minimum Gasteiger partial charge on any atom is -0.496 e. The van der Waals surface area contributed by atoms with Crippen molar-refractivity contribution in [1.82, 2.24) is 0 Å². The summed E-state index contributed by atoms with van der Waals surface area (Å²) in [7, 11) is 1.59. The van der Waals surface area contributed by atoms with Crippen LogP contribution in [0.5, 0.6) is 11.5 Å². The van der Waals surface area contributed by atoms with Crippen LogP contribution in [0.2, 0.25) is 5.02 Å². The summed E-state index contributed by atoms with van der Waals surface area (Å²) < 4.78 is 10.6. The summed E-state index contributed by atoms with van der Waals surface area (Å²) in [6, 6.07) is 14.4. The molecule has 0 N–H and O–H groups in total. The topological polar surface area (TPSA) is 35.5 Å². The molecular formula is C16H15ClO3. The molecule has 2 rings (SSSR count). The summed E-state index contributed by atoms with van der Waals surface area (Å²) in [4.78, 5) is 11.9. The minimum atomic E-state index is -0.00977. The van der Waals surface area contributed by atoms with Crippen LogP contribution >= 0.6 is 11.6 Å². The molecule has 0 unspecified atom stereocenters. The molecule has 0 heterocycles. The summed E-state index contributed by atoms with van der Waals surface area (Å²) in [5.41, 5.74) is 0.861. The highest BCUT2D eigenvalue weighted by Crippen LogP contribution is 2.19. The lowest BCUT2D eigenvalue weighted by molar-refractivity contribution is -0.120. The van der Waals surface area contributed by atoms with Gasteiger partial charge in [-0.25, -0.2) is 0 Å². The van der Waals surface area contributed by atoms with E-state index in [0.717, 1.165) is 5.56 Å². The normalized spacial score (nSPS) is 10.1. The number of halogens is 1. The molecular weight excluding hydrogens is 276 g/mol. The number of carbonyl (C=O) groups is 1. The molecule has 0 saturated heterocycles. The molecule has 0 aromatic heterocycles. The third kappa shape index (κ3) is 4.00. The van der Waals surface area contributed by atoms with Crippen LogP contribution in [0.25, 0.3) is 0 Å². The Bertz CT molecular complexity index is 579. The first kappa shape index (κ1) is 14.4. The molecule has 2 aromatic rings. The van der Waals surface area contributed by atoms with Gasteiger partial charge in [0.1, 0.15) is 18.1 Å². The van der Waals surface area contributed by atoms with Gasteiger partial charge in [-0.1, -0.05) is 29.8 Å². The standard InChI is InChI=1S/C16H15ClO3/c1-19-16-5-3-2-4-12(16)10-14(18)11-20-15-8-6-13(17)7-9-15/h2-9H,10-11H2,1H3. The fourth-order valence-electron chi connectivity index (χ4n) is 1.81. The maximum Gasteiger partial charge on any atom is 0.174 e. The molecule has 2 aromatic carbocycles. The maximum atomic E-state index is 11.9. The minimum absolute atomic E-state index is 0.00977. The fraction of sp³-hybridized carbons (Fsp3) is 0.188. The molecule has 0 radical (unpaired) electrons. The van der Waals surface area contributed by atoms with Crippen LogP contribution in [0.15, 0.2) is 48.5 Å². The van der Waals surface area contributed by atoms with Gasteiger partial charge in [-0.2, -0.15) is 0 Å². The highest BCUT2D eigenvalue weighted by atomic mass is 35.5. The van der Waals surface area contributed by atoms with Crippen LogP contribution in [-0.4, -0.2) is 19.5 Å². The zero-order valence-electron chi connectivity index (χ0n) is 11.1. The summed E-state index contributed by atoms with van der Waals surface area (Å²) in [5.74, 6) is 1.33. The molecule has 0 amide bonds.